The number of likely N-dealkylation sites (N-methyl/N-ethyl adjacent to an activating group) is 1. The van der Waals surface area contributed by atoms with Crippen LogP contribution in [0.5, 0.6) is 0 Å². The minimum absolute atomic E-state index is 0.0261. The Bertz CT molecular complexity index is 478. The van der Waals surface area contributed by atoms with Gasteiger partial charge >= 0.3 is 0 Å². The van der Waals surface area contributed by atoms with E-state index in [4.69, 9.17) is 5.73 Å². The number of hydrogen-bond acceptors (Lipinski definition) is 4. The molecule has 6 nitrogen and oxygen atoms in total. The van der Waals surface area contributed by atoms with Crippen LogP contribution in [0.2, 0.25) is 0 Å². The second-order valence-corrected chi connectivity index (χ2v) is 5.52. The first-order chi connectivity index (χ1) is 10.5. The van der Waals surface area contributed by atoms with Crippen LogP contribution in [0.15, 0.2) is 24.4 Å². The topological polar surface area (TPSA) is 88.3 Å². The van der Waals surface area contributed by atoms with Gasteiger partial charge in [-0.05, 0) is 18.1 Å². The largest absolute Gasteiger partial charge is 0.346 e. The van der Waals surface area contributed by atoms with Crippen molar-refractivity contribution in [3.63, 3.8) is 0 Å². The van der Waals surface area contributed by atoms with Crippen LogP contribution in [-0.4, -0.2) is 47.9 Å². The molecule has 2 amide bonds. The summed E-state index contributed by atoms with van der Waals surface area (Å²) in [5.74, 6) is -0.321. The maximum absolute atomic E-state index is 12.0. The molecule has 1 aromatic rings. The zero-order chi connectivity index (χ0) is 16.5. The highest BCUT2D eigenvalue weighted by molar-refractivity contribution is 5.87. The molecule has 0 fully saturated rings. The zero-order valence-corrected chi connectivity index (χ0v) is 13.6. The van der Waals surface area contributed by atoms with Crippen LogP contribution in [0.4, 0.5) is 0 Å². The van der Waals surface area contributed by atoms with Crippen LogP contribution in [0.1, 0.15) is 26.0 Å². The Morgan fingerprint density at radius 1 is 1.41 bits per heavy atom. The number of hydrogen-bond donors (Lipinski definition) is 2. The lowest BCUT2D eigenvalue weighted by molar-refractivity contribution is -0.132. The van der Waals surface area contributed by atoms with Crippen molar-refractivity contribution in [3.05, 3.63) is 30.1 Å². The molecule has 6 heteroatoms. The molecule has 0 aliphatic carbocycles. The number of nitrogens with zero attached hydrogens (tertiary/aromatic N) is 2. The predicted octanol–water partition coefficient (Wildman–Crippen LogP) is 0.572. The molecule has 1 rings (SSSR count). The second kappa shape index (κ2) is 9.15. The number of aromatic nitrogens is 1. The molecule has 0 aliphatic rings. The van der Waals surface area contributed by atoms with E-state index in [1.807, 2.05) is 32.0 Å². The molecule has 2 atom stereocenters. The SMILES string of the molecule is CCC(C)C(N)C(=O)NCC(=O)N(C)CCc1ccccn1. The van der Waals surface area contributed by atoms with Gasteiger partial charge in [0.2, 0.25) is 11.8 Å². The molecule has 0 bridgehead atoms. The van der Waals surface area contributed by atoms with Gasteiger partial charge in [-0.25, -0.2) is 0 Å². The summed E-state index contributed by atoms with van der Waals surface area (Å²) in [6, 6.07) is 5.12. The van der Waals surface area contributed by atoms with Crippen molar-refractivity contribution in [3.8, 4) is 0 Å². The average molecular weight is 306 g/mol. The Morgan fingerprint density at radius 3 is 2.73 bits per heavy atom. The van der Waals surface area contributed by atoms with Gasteiger partial charge in [-0.1, -0.05) is 26.3 Å². The fraction of sp³-hybridized carbons (Fsp3) is 0.562. The molecule has 0 saturated heterocycles. The van der Waals surface area contributed by atoms with Gasteiger partial charge in [0.1, 0.15) is 0 Å². The first-order valence-corrected chi connectivity index (χ1v) is 7.62. The van der Waals surface area contributed by atoms with E-state index in [1.54, 1.807) is 18.1 Å². The zero-order valence-electron chi connectivity index (χ0n) is 13.6. The number of rotatable bonds is 8. The Morgan fingerprint density at radius 2 is 2.14 bits per heavy atom. The van der Waals surface area contributed by atoms with Crippen molar-refractivity contribution in [1.29, 1.82) is 0 Å². The smallest absolute Gasteiger partial charge is 0.241 e. The Hall–Kier alpha value is -1.95. The summed E-state index contributed by atoms with van der Waals surface area (Å²) in [6.45, 7) is 4.43. The minimum Gasteiger partial charge on any atom is -0.346 e. The van der Waals surface area contributed by atoms with E-state index in [0.29, 0.717) is 13.0 Å². The van der Waals surface area contributed by atoms with E-state index >= 15 is 0 Å². The lowest BCUT2D eigenvalue weighted by Crippen LogP contribution is -2.48. The van der Waals surface area contributed by atoms with Crippen LogP contribution in [-0.2, 0) is 16.0 Å². The van der Waals surface area contributed by atoms with Gasteiger partial charge < -0.3 is 16.0 Å². The molecular weight excluding hydrogens is 280 g/mol. The van der Waals surface area contributed by atoms with Crippen LogP contribution >= 0.6 is 0 Å². The van der Waals surface area contributed by atoms with Gasteiger partial charge in [0.25, 0.3) is 0 Å². The molecule has 122 valence electrons. The monoisotopic (exact) mass is 306 g/mol. The minimum atomic E-state index is -0.573. The van der Waals surface area contributed by atoms with E-state index in [2.05, 4.69) is 10.3 Å². The highest BCUT2D eigenvalue weighted by Gasteiger charge is 2.20. The van der Waals surface area contributed by atoms with Crippen LogP contribution in [0.3, 0.4) is 0 Å². The van der Waals surface area contributed by atoms with Crippen molar-refractivity contribution in [2.75, 3.05) is 20.1 Å². The van der Waals surface area contributed by atoms with Crippen LogP contribution < -0.4 is 11.1 Å². The predicted molar refractivity (Wildman–Crippen MR) is 86.0 cm³/mol. The summed E-state index contributed by atoms with van der Waals surface area (Å²) in [5, 5.41) is 2.61. The summed E-state index contributed by atoms with van der Waals surface area (Å²) in [7, 11) is 1.71. The van der Waals surface area contributed by atoms with Crippen molar-refractivity contribution in [2.45, 2.75) is 32.7 Å². The molecule has 0 aromatic carbocycles. The van der Waals surface area contributed by atoms with E-state index in [9.17, 15) is 9.59 Å². The molecule has 22 heavy (non-hydrogen) atoms. The standard InChI is InChI=1S/C16H26N4O2/c1-4-12(2)15(17)16(22)19-11-14(21)20(3)10-8-13-7-5-6-9-18-13/h5-7,9,12,15H,4,8,10-11,17H2,1-3H3,(H,19,22). The van der Waals surface area contributed by atoms with Gasteiger partial charge in [-0.3, -0.25) is 14.6 Å². The van der Waals surface area contributed by atoms with Crippen molar-refractivity contribution in [1.82, 2.24) is 15.2 Å². The lowest BCUT2D eigenvalue weighted by atomic mass is 9.99. The van der Waals surface area contributed by atoms with E-state index in [0.717, 1.165) is 12.1 Å². The molecule has 3 N–H and O–H groups in total. The molecule has 0 saturated carbocycles. The van der Waals surface area contributed by atoms with E-state index in [-0.39, 0.29) is 24.3 Å². The number of nitrogens with two attached hydrogens (primary N) is 1. The Kier molecular flexibility index (Phi) is 7.52. The molecule has 2 unspecified atom stereocenters. The quantitative estimate of drug-likeness (QED) is 0.735. The summed E-state index contributed by atoms with van der Waals surface area (Å²) in [4.78, 5) is 29.6. The third-order valence-corrected chi connectivity index (χ3v) is 3.83. The molecule has 1 aromatic heterocycles. The van der Waals surface area contributed by atoms with E-state index in [1.165, 1.54) is 0 Å². The third kappa shape index (κ3) is 5.81. The molecule has 1 heterocycles. The number of nitrogens with one attached hydrogen (secondary N) is 1. The molecule has 0 radical (unpaired) electrons. The number of carbonyl (C=O) groups excluding carboxylic acids is 2. The summed E-state index contributed by atoms with van der Waals surface area (Å²) in [5.41, 5.74) is 6.76. The van der Waals surface area contributed by atoms with Gasteiger partial charge in [0.05, 0.1) is 12.6 Å². The van der Waals surface area contributed by atoms with Gasteiger partial charge in [-0.2, -0.15) is 0 Å². The second-order valence-electron chi connectivity index (χ2n) is 5.52. The number of pyridine rings is 1. The van der Waals surface area contributed by atoms with Crippen molar-refractivity contribution < 1.29 is 9.59 Å². The maximum Gasteiger partial charge on any atom is 0.241 e. The fourth-order valence-corrected chi connectivity index (χ4v) is 1.88. The molecule has 0 spiro atoms. The Balaban J connectivity index is 2.33. The van der Waals surface area contributed by atoms with Crippen LogP contribution in [0, 0.1) is 5.92 Å². The fourth-order valence-electron chi connectivity index (χ4n) is 1.88. The van der Waals surface area contributed by atoms with Crippen molar-refractivity contribution in [2.24, 2.45) is 11.7 Å². The lowest BCUT2D eigenvalue weighted by Gasteiger charge is -2.20. The molecular formula is C16H26N4O2. The first-order valence-electron chi connectivity index (χ1n) is 7.62. The third-order valence-electron chi connectivity index (χ3n) is 3.83. The maximum atomic E-state index is 12.0. The highest BCUT2D eigenvalue weighted by atomic mass is 16.2. The summed E-state index contributed by atoms with van der Waals surface area (Å²) < 4.78 is 0. The van der Waals surface area contributed by atoms with Gasteiger partial charge in [0, 0.05) is 31.9 Å². The number of amides is 2. The van der Waals surface area contributed by atoms with Gasteiger partial charge in [-0.15, -0.1) is 0 Å². The van der Waals surface area contributed by atoms with Gasteiger partial charge in [0.15, 0.2) is 0 Å². The highest BCUT2D eigenvalue weighted by Crippen LogP contribution is 2.04. The number of carbonyl (C=O) groups is 2. The summed E-state index contributed by atoms with van der Waals surface area (Å²) in [6.07, 6.45) is 3.24. The molecule has 0 aliphatic heterocycles. The van der Waals surface area contributed by atoms with E-state index < -0.39 is 6.04 Å². The normalized spacial score (nSPS) is 13.3. The average Bonchev–Trinajstić information content (AvgIpc) is 2.56. The van der Waals surface area contributed by atoms with Crippen molar-refractivity contribution >= 4 is 11.8 Å². The first kappa shape index (κ1) is 18.1. The summed E-state index contributed by atoms with van der Waals surface area (Å²) >= 11 is 0. The Labute approximate surface area is 132 Å². The van der Waals surface area contributed by atoms with Crippen LogP contribution in [0.25, 0.3) is 0 Å².